The summed E-state index contributed by atoms with van der Waals surface area (Å²) in [5.74, 6) is -2.63. The van der Waals surface area contributed by atoms with Crippen molar-refractivity contribution in [1.82, 2.24) is 0 Å². The first-order valence-electron chi connectivity index (χ1n) is 5.40. The van der Waals surface area contributed by atoms with Gasteiger partial charge in [-0.05, 0) is 30.5 Å². The largest absolute Gasteiger partial charge is 0.493 e. The van der Waals surface area contributed by atoms with Crippen LogP contribution < -0.4 is 4.74 Å². The second-order valence-electron chi connectivity index (χ2n) is 4.14. The molecule has 1 aliphatic rings. The predicted octanol–water partition coefficient (Wildman–Crippen LogP) is 3.21. The molecule has 0 saturated heterocycles. The molecule has 0 aliphatic carbocycles. The first-order valence-corrected chi connectivity index (χ1v) is 5.40. The van der Waals surface area contributed by atoms with Crippen LogP contribution in [0.3, 0.4) is 0 Å². The van der Waals surface area contributed by atoms with E-state index in [4.69, 9.17) is 4.74 Å². The molecule has 1 atom stereocenters. The minimum absolute atomic E-state index is 0.231. The predicted molar refractivity (Wildman–Crippen MR) is 54.9 cm³/mol. The molecule has 98 valence electrons. The van der Waals surface area contributed by atoms with E-state index in [1.807, 2.05) is 0 Å². The molecule has 1 aromatic carbocycles. The number of benzene rings is 1. The molecule has 1 heterocycles. The van der Waals surface area contributed by atoms with Crippen molar-refractivity contribution < 1.29 is 27.1 Å². The van der Waals surface area contributed by atoms with E-state index in [0.717, 1.165) is 6.07 Å². The third kappa shape index (κ3) is 2.63. The van der Waals surface area contributed by atoms with E-state index in [0.29, 0.717) is 11.3 Å². The average molecular weight is 262 g/mol. The highest BCUT2D eigenvalue weighted by molar-refractivity contribution is 5.84. The van der Waals surface area contributed by atoms with Gasteiger partial charge in [-0.2, -0.15) is 13.2 Å². The summed E-state index contributed by atoms with van der Waals surface area (Å²) < 4.78 is 54.9. The Kier molecular flexibility index (Phi) is 3.28. The number of ether oxygens (including phenoxy) is 1. The van der Waals surface area contributed by atoms with Crippen molar-refractivity contribution in [2.45, 2.75) is 24.9 Å². The Labute approximate surface area is 101 Å². The van der Waals surface area contributed by atoms with Gasteiger partial charge >= 0.3 is 6.18 Å². The molecule has 2 nitrogen and oxygen atoms in total. The van der Waals surface area contributed by atoms with Crippen molar-refractivity contribution in [3.05, 3.63) is 29.6 Å². The Morgan fingerprint density at radius 3 is 2.78 bits per heavy atom. The molecule has 2 rings (SSSR count). The summed E-state index contributed by atoms with van der Waals surface area (Å²) >= 11 is 0. The first kappa shape index (κ1) is 12.9. The van der Waals surface area contributed by atoms with Crippen LogP contribution in [0, 0.1) is 5.82 Å². The van der Waals surface area contributed by atoms with Crippen molar-refractivity contribution >= 4 is 5.78 Å². The van der Waals surface area contributed by atoms with Gasteiger partial charge in [0.05, 0.1) is 6.61 Å². The van der Waals surface area contributed by atoms with Gasteiger partial charge in [0.15, 0.2) is 0 Å². The molecular formula is C12H10F4O2. The van der Waals surface area contributed by atoms with Crippen LogP contribution in [0.5, 0.6) is 5.75 Å². The minimum Gasteiger partial charge on any atom is -0.493 e. The number of hydrogen-bond donors (Lipinski definition) is 0. The Morgan fingerprint density at radius 2 is 2.11 bits per heavy atom. The van der Waals surface area contributed by atoms with Crippen LogP contribution in [-0.4, -0.2) is 18.6 Å². The number of fused-ring (bicyclic) bond motifs is 1. The quantitative estimate of drug-likeness (QED) is 0.765. The molecule has 0 radical (unpaired) electrons. The Hall–Kier alpha value is -1.59. The zero-order valence-corrected chi connectivity index (χ0v) is 9.26. The second kappa shape index (κ2) is 4.59. The smallest absolute Gasteiger partial charge is 0.449 e. The van der Waals surface area contributed by atoms with Crippen LogP contribution in [0.15, 0.2) is 18.2 Å². The van der Waals surface area contributed by atoms with Crippen molar-refractivity contribution in [1.29, 1.82) is 0 Å². The van der Waals surface area contributed by atoms with E-state index in [-0.39, 0.29) is 13.0 Å². The number of Topliss-reactive ketones (excluding diaryl/α,β-unsaturated/α-hetero) is 1. The maximum Gasteiger partial charge on any atom is 0.449 e. The maximum absolute atomic E-state index is 13.1. The molecule has 0 spiro atoms. The van der Waals surface area contributed by atoms with Crippen LogP contribution in [0.1, 0.15) is 24.3 Å². The molecule has 0 saturated carbocycles. The normalized spacial score (nSPS) is 19.0. The molecule has 6 heteroatoms. The van der Waals surface area contributed by atoms with E-state index < -0.39 is 30.1 Å². The molecule has 0 amide bonds. The van der Waals surface area contributed by atoms with Crippen LogP contribution in [-0.2, 0) is 4.79 Å². The summed E-state index contributed by atoms with van der Waals surface area (Å²) in [6.45, 7) is 0.231. The summed E-state index contributed by atoms with van der Waals surface area (Å²) in [5, 5.41) is 0. The molecule has 1 aromatic rings. The van der Waals surface area contributed by atoms with Gasteiger partial charge in [-0.25, -0.2) is 4.39 Å². The van der Waals surface area contributed by atoms with Gasteiger partial charge in [0.25, 0.3) is 0 Å². The van der Waals surface area contributed by atoms with Gasteiger partial charge in [0.2, 0.25) is 5.78 Å². The lowest BCUT2D eigenvalue weighted by Crippen LogP contribution is -2.26. The average Bonchev–Trinajstić information content (AvgIpc) is 2.28. The highest BCUT2D eigenvalue weighted by Crippen LogP contribution is 2.37. The molecule has 1 aliphatic heterocycles. The lowest BCUT2D eigenvalue weighted by Gasteiger charge is -2.25. The van der Waals surface area contributed by atoms with Crippen molar-refractivity contribution in [3.63, 3.8) is 0 Å². The lowest BCUT2D eigenvalue weighted by molar-refractivity contribution is -0.171. The van der Waals surface area contributed by atoms with Crippen molar-refractivity contribution in [2.75, 3.05) is 6.61 Å². The summed E-state index contributed by atoms with van der Waals surface area (Å²) in [4.78, 5) is 11.0. The molecule has 0 aromatic heterocycles. The second-order valence-corrected chi connectivity index (χ2v) is 4.14. The minimum atomic E-state index is -4.84. The van der Waals surface area contributed by atoms with E-state index in [9.17, 15) is 22.4 Å². The first-order chi connectivity index (χ1) is 8.38. The third-order valence-corrected chi connectivity index (χ3v) is 2.88. The molecule has 18 heavy (non-hydrogen) atoms. The zero-order chi connectivity index (χ0) is 13.3. The summed E-state index contributed by atoms with van der Waals surface area (Å²) in [5.41, 5.74) is 0.332. The number of rotatable bonds is 2. The van der Waals surface area contributed by atoms with Gasteiger partial charge in [0.1, 0.15) is 11.6 Å². The number of halogens is 4. The van der Waals surface area contributed by atoms with Gasteiger partial charge in [0, 0.05) is 12.0 Å². The highest BCUT2D eigenvalue weighted by Gasteiger charge is 2.40. The van der Waals surface area contributed by atoms with Gasteiger partial charge in [-0.3, -0.25) is 4.79 Å². The Bertz CT molecular complexity index is 468. The van der Waals surface area contributed by atoms with Crippen molar-refractivity contribution in [3.8, 4) is 5.75 Å². The summed E-state index contributed by atoms with van der Waals surface area (Å²) in [6.07, 6.45) is -5.23. The molecular weight excluding hydrogens is 252 g/mol. The van der Waals surface area contributed by atoms with Gasteiger partial charge < -0.3 is 4.74 Å². The van der Waals surface area contributed by atoms with Crippen LogP contribution >= 0.6 is 0 Å². The van der Waals surface area contributed by atoms with Gasteiger partial charge in [-0.1, -0.05) is 0 Å². The van der Waals surface area contributed by atoms with Crippen LogP contribution in [0.25, 0.3) is 0 Å². The monoisotopic (exact) mass is 262 g/mol. The molecule has 0 fully saturated rings. The number of ketones is 1. The van der Waals surface area contributed by atoms with Gasteiger partial charge in [-0.15, -0.1) is 0 Å². The number of hydrogen-bond acceptors (Lipinski definition) is 2. The fourth-order valence-electron chi connectivity index (χ4n) is 1.99. The molecule has 0 bridgehead atoms. The SMILES string of the molecule is O=C(CC1CCOc2ccc(F)cc21)C(F)(F)F. The fourth-order valence-corrected chi connectivity index (χ4v) is 1.99. The van der Waals surface area contributed by atoms with E-state index in [2.05, 4.69) is 0 Å². The highest BCUT2D eigenvalue weighted by atomic mass is 19.4. The number of alkyl halides is 3. The van der Waals surface area contributed by atoms with E-state index >= 15 is 0 Å². The molecule has 1 unspecified atom stereocenters. The standard InChI is InChI=1S/C12H10F4O2/c13-8-1-2-10-9(6-8)7(3-4-18-10)5-11(17)12(14,15)16/h1-2,6-7H,3-5H2. The number of carbonyl (C=O) groups excluding carboxylic acids is 1. The molecule has 0 N–H and O–H groups in total. The topological polar surface area (TPSA) is 26.3 Å². The Balaban J connectivity index is 2.22. The fraction of sp³-hybridized carbons (Fsp3) is 0.417. The zero-order valence-electron chi connectivity index (χ0n) is 9.26. The third-order valence-electron chi connectivity index (χ3n) is 2.88. The van der Waals surface area contributed by atoms with Crippen LogP contribution in [0.4, 0.5) is 17.6 Å². The maximum atomic E-state index is 13.1. The summed E-state index contributed by atoms with van der Waals surface area (Å²) in [7, 11) is 0. The number of carbonyl (C=O) groups is 1. The Morgan fingerprint density at radius 1 is 1.39 bits per heavy atom. The van der Waals surface area contributed by atoms with Crippen molar-refractivity contribution in [2.24, 2.45) is 0 Å². The van der Waals surface area contributed by atoms with E-state index in [1.54, 1.807) is 0 Å². The van der Waals surface area contributed by atoms with E-state index in [1.165, 1.54) is 12.1 Å². The van der Waals surface area contributed by atoms with Crippen LogP contribution in [0.2, 0.25) is 0 Å². The summed E-state index contributed by atoms with van der Waals surface area (Å²) in [6, 6.07) is 3.67. The lowest BCUT2D eigenvalue weighted by atomic mass is 9.88.